The Morgan fingerprint density at radius 2 is 1.37 bits per heavy atom. The molecule has 8 heteroatoms. The molecule has 0 saturated heterocycles. The van der Waals surface area contributed by atoms with Crippen molar-refractivity contribution in [3.63, 3.8) is 0 Å². The summed E-state index contributed by atoms with van der Waals surface area (Å²) >= 11 is 6.81. The molecule has 0 saturated carbocycles. The molecule has 2 unspecified atom stereocenters. The average molecular weight is 752 g/mol. The molecular formula is C43H49N3OS4. The summed E-state index contributed by atoms with van der Waals surface area (Å²) < 4.78 is 10.5. The fraction of sp³-hybridized carbons (Fsp3) is 0.372. The lowest BCUT2D eigenvalue weighted by molar-refractivity contribution is 0.502. The van der Waals surface area contributed by atoms with Crippen molar-refractivity contribution in [3.05, 3.63) is 122 Å². The number of benzene rings is 3. The van der Waals surface area contributed by atoms with E-state index in [1.165, 1.54) is 73.5 Å². The third-order valence-electron chi connectivity index (χ3n) is 9.71. The van der Waals surface area contributed by atoms with Crippen LogP contribution in [-0.2, 0) is 6.54 Å². The van der Waals surface area contributed by atoms with Gasteiger partial charge in [-0.1, -0.05) is 88.4 Å². The Morgan fingerprint density at radius 3 is 2.04 bits per heavy atom. The number of hydrogen-bond donors (Lipinski definition) is 0. The Hall–Kier alpha value is -3.30. The first-order chi connectivity index (χ1) is 25.2. The quantitative estimate of drug-likeness (QED) is 0.0528. The van der Waals surface area contributed by atoms with E-state index in [9.17, 15) is 4.79 Å². The zero-order chi connectivity index (χ0) is 35.3. The second-order valence-corrected chi connectivity index (χ2v) is 16.9. The zero-order valence-corrected chi connectivity index (χ0v) is 33.1. The van der Waals surface area contributed by atoms with Crippen LogP contribution >= 0.6 is 46.2 Å². The highest BCUT2D eigenvalue weighted by Gasteiger charge is 2.19. The van der Waals surface area contributed by atoms with Gasteiger partial charge in [0.1, 0.15) is 11.0 Å². The summed E-state index contributed by atoms with van der Waals surface area (Å²) in [6.07, 6.45) is 12.2. The van der Waals surface area contributed by atoms with E-state index in [0.29, 0.717) is 11.8 Å². The number of unbranched alkanes of at least 4 members (excludes halogenated alkanes) is 3. The van der Waals surface area contributed by atoms with Gasteiger partial charge in [-0.25, -0.2) is 0 Å². The molecule has 0 bridgehead atoms. The van der Waals surface area contributed by atoms with Gasteiger partial charge in [0.2, 0.25) is 5.43 Å². The first-order valence-corrected chi connectivity index (χ1v) is 22.1. The van der Waals surface area contributed by atoms with Crippen LogP contribution in [0, 0.1) is 0 Å². The van der Waals surface area contributed by atoms with E-state index in [1.807, 2.05) is 46.9 Å². The first kappa shape index (κ1) is 37.5. The lowest BCUT2D eigenvalue weighted by Gasteiger charge is -2.20. The highest BCUT2D eigenvalue weighted by molar-refractivity contribution is 7.99. The average Bonchev–Trinajstić information content (AvgIpc) is 3.98. The fourth-order valence-electron chi connectivity index (χ4n) is 7.04. The molecule has 2 aromatic carbocycles. The number of pyridine rings is 1. The van der Waals surface area contributed by atoms with Crippen LogP contribution in [0.1, 0.15) is 99.6 Å². The Balaban J connectivity index is 0.000000428. The van der Waals surface area contributed by atoms with E-state index in [1.54, 1.807) is 16.6 Å². The Morgan fingerprint density at radius 1 is 0.686 bits per heavy atom. The van der Waals surface area contributed by atoms with Crippen LogP contribution in [0.5, 0.6) is 0 Å². The smallest absolute Gasteiger partial charge is 0.201 e. The molecule has 3 aromatic heterocycles. The first-order valence-electron chi connectivity index (χ1n) is 18.6. The number of aromatic nitrogens is 3. The zero-order valence-electron chi connectivity index (χ0n) is 29.8. The van der Waals surface area contributed by atoms with Gasteiger partial charge >= 0.3 is 0 Å². The Kier molecular flexibility index (Phi) is 14.3. The van der Waals surface area contributed by atoms with E-state index in [-0.39, 0.29) is 5.43 Å². The second kappa shape index (κ2) is 19.5. The van der Waals surface area contributed by atoms with E-state index < -0.39 is 0 Å². The maximum absolute atomic E-state index is 13.8. The molecule has 0 spiro atoms. The van der Waals surface area contributed by atoms with Gasteiger partial charge in [-0.2, -0.15) is 8.75 Å². The summed E-state index contributed by atoms with van der Waals surface area (Å²) in [6, 6.07) is 31.8. The van der Waals surface area contributed by atoms with E-state index >= 15 is 0 Å². The van der Waals surface area contributed by atoms with Crippen molar-refractivity contribution < 1.29 is 0 Å². The van der Waals surface area contributed by atoms with Gasteiger partial charge in [-0.3, -0.25) is 4.79 Å². The van der Waals surface area contributed by atoms with Crippen LogP contribution in [-0.4, -0.2) is 19.1 Å². The minimum absolute atomic E-state index is 0.191. The van der Waals surface area contributed by atoms with Crippen molar-refractivity contribution in [1.82, 2.24) is 13.3 Å². The van der Waals surface area contributed by atoms with Crippen LogP contribution in [0.3, 0.4) is 0 Å². The summed E-state index contributed by atoms with van der Waals surface area (Å²) in [5, 5.41) is 5.58. The topological polar surface area (TPSA) is 47.8 Å². The Labute approximate surface area is 319 Å². The maximum atomic E-state index is 13.8. The van der Waals surface area contributed by atoms with Crippen molar-refractivity contribution in [1.29, 1.82) is 0 Å². The van der Waals surface area contributed by atoms with Crippen molar-refractivity contribution in [3.8, 4) is 11.3 Å². The van der Waals surface area contributed by atoms with Crippen LogP contribution in [0.4, 0.5) is 0 Å². The molecule has 0 amide bonds. The number of hydrogen-bond acceptors (Lipinski definition) is 7. The standard InChI is InChI=1S/C37H45NOS3.C6H4N2S/c1-3-5-6-9-23-38-32-17-8-7-14-30(32)27-31-33(38)20-21-36(37(31)39)42-26-22-29(35-19-12-25-41-35)16-10-15-28(13-4-2)34-18-11-24-40-34;1-2-4-6-5(3-1)7-9-8-6/h7-8,11-12,14,17-21,24-25,27-29H,3-6,9-10,13,15-16,22-23,26H2,1-2H3;1-4H. The van der Waals surface area contributed by atoms with Gasteiger partial charge in [0.15, 0.2) is 0 Å². The summed E-state index contributed by atoms with van der Waals surface area (Å²) in [6.45, 7) is 5.51. The van der Waals surface area contributed by atoms with E-state index in [0.717, 1.165) is 57.7 Å². The number of thioether (sulfide) groups is 1. The van der Waals surface area contributed by atoms with Crippen LogP contribution in [0.15, 0.2) is 111 Å². The van der Waals surface area contributed by atoms with Crippen molar-refractivity contribution in [2.24, 2.45) is 0 Å². The van der Waals surface area contributed by atoms with Crippen molar-refractivity contribution in [2.75, 3.05) is 5.75 Å². The molecule has 0 fully saturated rings. The van der Waals surface area contributed by atoms with E-state index in [2.05, 4.69) is 105 Å². The summed E-state index contributed by atoms with van der Waals surface area (Å²) in [4.78, 5) is 17.7. The maximum Gasteiger partial charge on any atom is 0.201 e. The molecule has 4 nitrogen and oxygen atoms in total. The van der Waals surface area contributed by atoms with Crippen LogP contribution in [0.25, 0.3) is 33.2 Å². The van der Waals surface area contributed by atoms with Gasteiger partial charge in [0, 0.05) is 27.4 Å². The van der Waals surface area contributed by atoms with Crippen molar-refractivity contribution in [2.45, 2.75) is 101 Å². The summed E-state index contributed by atoms with van der Waals surface area (Å²) in [5.74, 6) is 2.23. The molecule has 266 valence electrons. The third-order valence-corrected chi connectivity index (χ3v) is 13.4. The number of para-hydroxylation sites is 1. The van der Waals surface area contributed by atoms with Crippen LogP contribution < -0.4 is 5.43 Å². The second-order valence-electron chi connectivity index (χ2n) is 13.3. The lowest BCUT2D eigenvalue weighted by Crippen LogP contribution is -2.15. The molecule has 1 aliphatic heterocycles. The molecule has 0 N–H and O–H groups in total. The predicted octanol–water partition coefficient (Wildman–Crippen LogP) is 13.5. The number of nitrogens with zero attached hydrogens (tertiary/aromatic N) is 3. The number of thiophene rings is 2. The highest BCUT2D eigenvalue weighted by Crippen LogP contribution is 2.36. The molecule has 0 radical (unpaired) electrons. The summed E-state index contributed by atoms with van der Waals surface area (Å²) in [5.41, 5.74) is 5.32. The van der Waals surface area contributed by atoms with Gasteiger partial charge in [-0.05, 0) is 114 Å². The predicted molar refractivity (Wildman–Crippen MR) is 225 cm³/mol. The van der Waals surface area contributed by atoms with Gasteiger partial charge in [0.05, 0.1) is 22.3 Å². The van der Waals surface area contributed by atoms with Gasteiger partial charge < -0.3 is 4.57 Å². The Bertz CT molecular complexity index is 2030. The van der Waals surface area contributed by atoms with Gasteiger partial charge in [-0.15, -0.1) is 34.4 Å². The molecule has 2 atom stereocenters. The number of fused-ring (bicyclic) bond motifs is 3. The number of rotatable bonds is 17. The highest BCUT2D eigenvalue weighted by atomic mass is 32.2. The molecule has 1 aliphatic carbocycles. The molecule has 2 aliphatic rings. The largest absolute Gasteiger partial charge is 0.340 e. The SMILES string of the molecule is CCCCCCn1c2ccc(SCCC(CCCC(CCC)c3cccs3)c3cccs3)c(=O)c-2cc2ccccc21.c1ccc2nsnc2c1. The molecular weight excluding hydrogens is 703 g/mol. The minimum atomic E-state index is 0.191. The fourth-order valence-corrected chi connectivity index (χ4v) is 10.4. The van der Waals surface area contributed by atoms with Gasteiger partial charge in [0.25, 0.3) is 0 Å². The van der Waals surface area contributed by atoms with Crippen molar-refractivity contribution >= 4 is 68.1 Å². The molecule has 7 rings (SSSR count). The lowest BCUT2D eigenvalue weighted by atomic mass is 9.91. The third kappa shape index (κ3) is 9.98. The summed E-state index contributed by atoms with van der Waals surface area (Å²) in [7, 11) is 0. The number of aryl methyl sites for hydroxylation is 1. The monoisotopic (exact) mass is 751 g/mol. The molecule has 4 heterocycles. The minimum Gasteiger partial charge on any atom is -0.340 e. The molecule has 51 heavy (non-hydrogen) atoms. The van der Waals surface area contributed by atoms with E-state index in [4.69, 9.17) is 0 Å². The molecule has 5 aromatic rings. The normalized spacial score (nSPS) is 12.7. The van der Waals surface area contributed by atoms with Crippen LogP contribution in [0.2, 0.25) is 0 Å².